The van der Waals surface area contributed by atoms with Crippen LogP contribution in [0.25, 0.3) is 0 Å². The Bertz CT molecular complexity index is 571. The molecule has 2 aromatic heterocycles. The fourth-order valence-corrected chi connectivity index (χ4v) is 1.56. The molecule has 0 aromatic carbocycles. The first kappa shape index (κ1) is 12.7. The molecular weight excluding hydrogens is 244 g/mol. The first-order valence-electron chi connectivity index (χ1n) is 5.61. The molecule has 0 aliphatic carbocycles. The van der Waals surface area contributed by atoms with Crippen molar-refractivity contribution in [2.75, 3.05) is 11.9 Å². The van der Waals surface area contributed by atoms with Gasteiger partial charge in [-0.1, -0.05) is 5.16 Å². The summed E-state index contributed by atoms with van der Waals surface area (Å²) in [5.74, 6) is 0.460. The Morgan fingerprint density at radius 3 is 2.74 bits per heavy atom. The highest BCUT2D eigenvalue weighted by molar-refractivity contribution is 5.95. The number of aromatic nitrogens is 3. The molecule has 0 aliphatic heterocycles. The number of hydrogen-bond donors (Lipinski definition) is 2. The number of oxime groups is 1. The predicted molar refractivity (Wildman–Crippen MR) is 70.9 cm³/mol. The van der Waals surface area contributed by atoms with Crippen molar-refractivity contribution in [1.29, 1.82) is 0 Å². The molecule has 0 atom stereocenters. The highest BCUT2D eigenvalue weighted by Gasteiger charge is 2.08. The maximum absolute atomic E-state index is 8.63. The summed E-state index contributed by atoms with van der Waals surface area (Å²) in [6.45, 7) is 0.641. The molecule has 7 heteroatoms. The molecule has 0 spiro atoms. The zero-order valence-corrected chi connectivity index (χ0v) is 10.4. The van der Waals surface area contributed by atoms with Gasteiger partial charge in [0.25, 0.3) is 0 Å². The van der Waals surface area contributed by atoms with E-state index in [0.717, 1.165) is 5.56 Å². The number of pyridine rings is 1. The molecule has 0 bridgehead atoms. The van der Waals surface area contributed by atoms with Gasteiger partial charge in [0.05, 0.1) is 0 Å². The maximum atomic E-state index is 8.63. The van der Waals surface area contributed by atoms with Crippen molar-refractivity contribution in [3.8, 4) is 0 Å². The van der Waals surface area contributed by atoms with Crippen LogP contribution in [0, 0.1) is 0 Å². The standard InChI is InChI=1S/C12H14N6O/c1-18(8-9-2-5-14-6-3-9)12-15-7-4-10(16-12)11(13)17-19/h2-7,19H,8H2,1H3,(H2,13,17). The zero-order chi connectivity index (χ0) is 13.7. The number of anilines is 1. The largest absolute Gasteiger partial charge is 0.409 e. The molecule has 0 aliphatic rings. The Labute approximate surface area is 110 Å². The number of nitrogens with two attached hydrogens (primary N) is 1. The smallest absolute Gasteiger partial charge is 0.226 e. The first-order chi connectivity index (χ1) is 9.20. The molecule has 2 aromatic rings. The van der Waals surface area contributed by atoms with Crippen LogP contribution in [0.5, 0.6) is 0 Å². The Morgan fingerprint density at radius 1 is 1.32 bits per heavy atom. The average molecular weight is 258 g/mol. The lowest BCUT2D eigenvalue weighted by Crippen LogP contribution is -2.22. The molecule has 0 unspecified atom stereocenters. The van der Waals surface area contributed by atoms with Crippen LogP contribution in [0.4, 0.5) is 5.95 Å². The van der Waals surface area contributed by atoms with Crippen LogP contribution < -0.4 is 10.6 Å². The molecule has 98 valence electrons. The molecular formula is C12H14N6O. The molecule has 0 saturated carbocycles. The van der Waals surface area contributed by atoms with Gasteiger partial charge in [0.15, 0.2) is 5.84 Å². The van der Waals surface area contributed by atoms with Crippen molar-refractivity contribution in [2.24, 2.45) is 10.9 Å². The molecule has 7 nitrogen and oxygen atoms in total. The third-order valence-electron chi connectivity index (χ3n) is 2.52. The topological polar surface area (TPSA) is 101 Å². The van der Waals surface area contributed by atoms with Gasteiger partial charge in [0.2, 0.25) is 5.95 Å². The zero-order valence-electron chi connectivity index (χ0n) is 10.4. The molecule has 19 heavy (non-hydrogen) atoms. The molecule has 0 fully saturated rings. The lowest BCUT2D eigenvalue weighted by molar-refractivity contribution is 0.318. The molecule has 3 N–H and O–H groups in total. The normalized spacial score (nSPS) is 11.3. The summed E-state index contributed by atoms with van der Waals surface area (Å²) in [7, 11) is 1.87. The summed E-state index contributed by atoms with van der Waals surface area (Å²) in [5, 5.41) is 11.6. The summed E-state index contributed by atoms with van der Waals surface area (Å²) in [6.07, 6.45) is 5.03. The second-order valence-electron chi connectivity index (χ2n) is 3.94. The number of hydrogen-bond acceptors (Lipinski definition) is 6. The fraction of sp³-hybridized carbons (Fsp3) is 0.167. The van der Waals surface area contributed by atoms with Crippen LogP contribution >= 0.6 is 0 Å². The lowest BCUT2D eigenvalue weighted by atomic mass is 10.2. The van der Waals surface area contributed by atoms with Crippen LogP contribution in [-0.4, -0.2) is 33.0 Å². The monoisotopic (exact) mass is 258 g/mol. The van der Waals surface area contributed by atoms with Gasteiger partial charge in [0, 0.05) is 32.2 Å². The van der Waals surface area contributed by atoms with Gasteiger partial charge in [0.1, 0.15) is 5.69 Å². The van der Waals surface area contributed by atoms with E-state index < -0.39 is 0 Å². The summed E-state index contributed by atoms with van der Waals surface area (Å²) in [6, 6.07) is 5.42. The number of amidine groups is 1. The molecule has 2 heterocycles. The van der Waals surface area contributed by atoms with Crippen molar-refractivity contribution in [2.45, 2.75) is 6.54 Å². The van der Waals surface area contributed by atoms with E-state index in [-0.39, 0.29) is 5.84 Å². The van der Waals surface area contributed by atoms with E-state index in [1.54, 1.807) is 24.7 Å². The van der Waals surface area contributed by atoms with E-state index in [1.807, 2.05) is 24.1 Å². The van der Waals surface area contributed by atoms with E-state index in [4.69, 9.17) is 10.9 Å². The SMILES string of the molecule is CN(Cc1ccncc1)c1nccc(/C(N)=N/O)n1. The molecule has 0 amide bonds. The van der Waals surface area contributed by atoms with E-state index in [1.165, 1.54) is 0 Å². The minimum atomic E-state index is -0.0408. The van der Waals surface area contributed by atoms with Crippen molar-refractivity contribution in [1.82, 2.24) is 15.0 Å². The van der Waals surface area contributed by atoms with Crippen molar-refractivity contribution in [3.63, 3.8) is 0 Å². The highest BCUT2D eigenvalue weighted by Crippen LogP contribution is 2.09. The number of rotatable bonds is 4. The third-order valence-corrected chi connectivity index (χ3v) is 2.52. The second kappa shape index (κ2) is 5.76. The van der Waals surface area contributed by atoms with Crippen LogP contribution in [-0.2, 0) is 6.54 Å². The highest BCUT2D eigenvalue weighted by atomic mass is 16.4. The van der Waals surface area contributed by atoms with Crippen molar-refractivity contribution in [3.05, 3.63) is 48.0 Å². The second-order valence-corrected chi connectivity index (χ2v) is 3.94. The van der Waals surface area contributed by atoms with Gasteiger partial charge in [-0.3, -0.25) is 4.98 Å². The van der Waals surface area contributed by atoms with Crippen molar-refractivity contribution >= 4 is 11.8 Å². The Morgan fingerprint density at radius 2 is 2.05 bits per heavy atom. The van der Waals surface area contributed by atoms with E-state index in [0.29, 0.717) is 18.2 Å². The van der Waals surface area contributed by atoms with E-state index in [2.05, 4.69) is 20.1 Å². The Hall–Kier alpha value is -2.70. The Balaban J connectivity index is 2.17. The minimum absolute atomic E-state index is 0.0408. The third kappa shape index (κ3) is 3.15. The van der Waals surface area contributed by atoms with Gasteiger partial charge in [-0.25, -0.2) is 9.97 Å². The van der Waals surface area contributed by atoms with Gasteiger partial charge < -0.3 is 15.8 Å². The van der Waals surface area contributed by atoms with Gasteiger partial charge in [-0.05, 0) is 23.8 Å². The molecule has 0 radical (unpaired) electrons. The van der Waals surface area contributed by atoms with Crippen LogP contribution in [0.1, 0.15) is 11.3 Å². The lowest BCUT2D eigenvalue weighted by Gasteiger charge is -2.17. The summed E-state index contributed by atoms with van der Waals surface area (Å²) in [5.41, 5.74) is 6.98. The van der Waals surface area contributed by atoms with Crippen LogP contribution in [0.3, 0.4) is 0 Å². The quantitative estimate of drug-likeness (QED) is 0.360. The van der Waals surface area contributed by atoms with E-state index in [9.17, 15) is 0 Å². The minimum Gasteiger partial charge on any atom is -0.409 e. The van der Waals surface area contributed by atoms with Gasteiger partial charge in [-0.2, -0.15) is 0 Å². The van der Waals surface area contributed by atoms with Crippen LogP contribution in [0.2, 0.25) is 0 Å². The van der Waals surface area contributed by atoms with Gasteiger partial charge in [-0.15, -0.1) is 0 Å². The van der Waals surface area contributed by atoms with Crippen molar-refractivity contribution < 1.29 is 5.21 Å². The van der Waals surface area contributed by atoms with Gasteiger partial charge >= 0.3 is 0 Å². The predicted octanol–water partition coefficient (Wildman–Crippen LogP) is 0.603. The molecule has 0 saturated heterocycles. The summed E-state index contributed by atoms with van der Waals surface area (Å²) in [4.78, 5) is 14.2. The Kier molecular flexibility index (Phi) is 3.87. The maximum Gasteiger partial charge on any atom is 0.226 e. The number of nitrogens with zero attached hydrogens (tertiary/aromatic N) is 5. The average Bonchev–Trinajstić information content (AvgIpc) is 2.47. The fourth-order valence-electron chi connectivity index (χ4n) is 1.56. The summed E-state index contributed by atoms with van der Waals surface area (Å²) >= 11 is 0. The van der Waals surface area contributed by atoms with E-state index >= 15 is 0 Å². The first-order valence-corrected chi connectivity index (χ1v) is 5.61. The summed E-state index contributed by atoms with van der Waals surface area (Å²) < 4.78 is 0. The van der Waals surface area contributed by atoms with Crippen LogP contribution in [0.15, 0.2) is 41.9 Å². The molecule has 2 rings (SSSR count).